The predicted molar refractivity (Wildman–Crippen MR) is 136 cm³/mol. The van der Waals surface area contributed by atoms with Crippen LogP contribution in [-0.2, 0) is 14.8 Å². The zero-order valence-corrected chi connectivity index (χ0v) is 20.8. The summed E-state index contributed by atoms with van der Waals surface area (Å²) in [5.41, 5.74) is 1.62. The van der Waals surface area contributed by atoms with Gasteiger partial charge < -0.3 is 15.0 Å². The fourth-order valence-electron chi connectivity index (χ4n) is 3.52. The third-order valence-electron chi connectivity index (χ3n) is 5.14. The predicted octanol–water partition coefficient (Wildman–Crippen LogP) is 5.54. The molecule has 0 spiro atoms. The summed E-state index contributed by atoms with van der Waals surface area (Å²) in [6.45, 7) is 2.55. The Hall–Kier alpha value is -2.49. The number of carbonyl (C=O) groups excluding carboxylic acids is 1. The monoisotopic (exact) mass is 539 g/mol. The van der Waals surface area contributed by atoms with Crippen molar-refractivity contribution in [1.29, 1.82) is 0 Å². The van der Waals surface area contributed by atoms with Crippen LogP contribution in [0.2, 0.25) is 15.1 Å². The normalized spacial score (nSPS) is 14.0. The number of halogens is 3. The second kappa shape index (κ2) is 10.4. The number of hydrogen-bond donors (Lipinski definition) is 2. The van der Waals surface area contributed by atoms with Gasteiger partial charge in [0.2, 0.25) is 0 Å². The average Bonchev–Trinajstić information content (AvgIpc) is 2.79. The largest absolute Gasteiger partial charge is 0.378 e. The maximum absolute atomic E-state index is 13.1. The van der Waals surface area contributed by atoms with E-state index in [0.717, 1.165) is 11.8 Å². The number of hydrogen-bond acceptors (Lipinski definition) is 5. The lowest BCUT2D eigenvalue weighted by molar-refractivity contribution is 0.102. The van der Waals surface area contributed by atoms with Crippen molar-refractivity contribution in [3.8, 4) is 0 Å². The molecule has 0 unspecified atom stereocenters. The van der Waals surface area contributed by atoms with E-state index in [9.17, 15) is 13.2 Å². The Labute approximate surface area is 212 Å². The summed E-state index contributed by atoms with van der Waals surface area (Å²) in [7, 11) is -4.13. The third kappa shape index (κ3) is 5.59. The van der Waals surface area contributed by atoms with Gasteiger partial charge in [0.05, 0.1) is 45.9 Å². The molecule has 1 aliphatic heterocycles. The second-order valence-electron chi connectivity index (χ2n) is 7.45. The van der Waals surface area contributed by atoms with Crippen LogP contribution in [-0.4, -0.2) is 40.6 Å². The molecule has 11 heteroatoms. The van der Waals surface area contributed by atoms with Crippen molar-refractivity contribution in [2.75, 3.05) is 41.2 Å². The van der Waals surface area contributed by atoms with Gasteiger partial charge in [-0.05, 0) is 42.5 Å². The van der Waals surface area contributed by atoms with Crippen molar-refractivity contribution >= 4 is 67.8 Å². The van der Waals surface area contributed by atoms with Crippen LogP contribution < -0.4 is 14.9 Å². The molecule has 1 saturated heterocycles. The van der Waals surface area contributed by atoms with Gasteiger partial charge in [-0.1, -0.05) is 53.0 Å². The lowest BCUT2D eigenvalue weighted by atomic mass is 10.2. The summed E-state index contributed by atoms with van der Waals surface area (Å²) in [6, 6.07) is 16.0. The van der Waals surface area contributed by atoms with Crippen LogP contribution in [0.1, 0.15) is 10.4 Å². The van der Waals surface area contributed by atoms with Crippen molar-refractivity contribution in [1.82, 2.24) is 0 Å². The Kier molecular flexibility index (Phi) is 7.54. The molecule has 34 heavy (non-hydrogen) atoms. The molecule has 1 fully saturated rings. The first kappa shape index (κ1) is 24.6. The van der Waals surface area contributed by atoms with E-state index in [4.69, 9.17) is 39.5 Å². The average molecular weight is 541 g/mol. The lowest BCUT2D eigenvalue weighted by Crippen LogP contribution is -2.36. The molecule has 0 atom stereocenters. The maximum Gasteiger partial charge on any atom is 0.263 e. The van der Waals surface area contributed by atoms with Gasteiger partial charge in [0, 0.05) is 18.1 Å². The van der Waals surface area contributed by atoms with E-state index < -0.39 is 15.9 Å². The number of anilines is 3. The van der Waals surface area contributed by atoms with E-state index in [1.54, 1.807) is 30.3 Å². The number of nitrogens with zero attached hydrogens (tertiary/aromatic N) is 1. The Bertz CT molecular complexity index is 1330. The molecule has 3 aromatic rings. The number of sulfonamides is 1. The number of morpholine rings is 1. The van der Waals surface area contributed by atoms with E-state index in [0.29, 0.717) is 37.0 Å². The fourth-order valence-corrected chi connectivity index (χ4v) is 5.62. The van der Waals surface area contributed by atoms with Gasteiger partial charge in [0.25, 0.3) is 15.9 Å². The van der Waals surface area contributed by atoms with Gasteiger partial charge in [0.15, 0.2) is 0 Å². The number of benzene rings is 3. The number of amides is 1. The van der Waals surface area contributed by atoms with Crippen LogP contribution in [0.3, 0.4) is 0 Å². The van der Waals surface area contributed by atoms with E-state index in [-0.39, 0.29) is 26.2 Å². The molecule has 0 saturated carbocycles. The third-order valence-corrected chi connectivity index (χ3v) is 7.53. The Morgan fingerprint density at radius 3 is 2.38 bits per heavy atom. The number of rotatable bonds is 6. The molecular formula is C23H20Cl3N3O4S. The molecule has 4 rings (SSSR count). The van der Waals surface area contributed by atoms with Crippen LogP contribution in [0.4, 0.5) is 17.1 Å². The number of ether oxygens (including phenoxy) is 1. The topological polar surface area (TPSA) is 87.7 Å². The molecule has 7 nitrogen and oxygen atoms in total. The van der Waals surface area contributed by atoms with E-state index in [2.05, 4.69) is 14.9 Å². The van der Waals surface area contributed by atoms with Crippen molar-refractivity contribution in [3.63, 3.8) is 0 Å². The Balaban J connectivity index is 1.63. The minimum Gasteiger partial charge on any atom is -0.378 e. The molecular weight excluding hydrogens is 521 g/mol. The number of carbonyl (C=O) groups is 1. The molecule has 0 bridgehead atoms. The zero-order valence-electron chi connectivity index (χ0n) is 17.7. The summed E-state index contributed by atoms with van der Waals surface area (Å²) in [6.07, 6.45) is 0. The van der Waals surface area contributed by atoms with Crippen molar-refractivity contribution in [3.05, 3.63) is 81.3 Å². The molecule has 1 amide bonds. The summed E-state index contributed by atoms with van der Waals surface area (Å²) in [4.78, 5) is 15.0. The van der Waals surface area contributed by atoms with Crippen molar-refractivity contribution in [2.45, 2.75) is 4.90 Å². The summed E-state index contributed by atoms with van der Waals surface area (Å²) in [5, 5.41) is 3.10. The van der Waals surface area contributed by atoms with Crippen LogP contribution in [0.15, 0.2) is 65.6 Å². The molecule has 2 N–H and O–H groups in total. The first-order chi connectivity index (χ1) is 16.2. The summed E-state index contributed by atoms with van der Waals surface area (Å²) < 4.78 is 33.8. The van der Waals surface area contributed by atoms with Gasteiger partial charge >= 0.3 is 0 Å². The fraction of sp³-hybridized carbons (Fsp3) is 0.174. The number of nitrogens with one attached hydrogen (secondary N) is 2. The van der Waals surface area contributed by atoms with E-state index in [1.165, 1.54) is 12.1 Å². The molecule has 178 valence electrons. The van der Waals surface area contributed by atoms with Crippen LogP contribution in [0.25, 0.3) is 0 Å². The van der Waals surface area contributed by atoms with E-state index >= 15 is 0 Å². The van der Waals surface area contributed by atoms with Crippen molar-refractivity contribution in [2.24, 2.45) is 0 Å². The highest BCUT2D eigenvalue weighted by atomic mass is 35.5. The smallest absolute Gasteiger partial charge is 0.263 e. The molecule has 0 radical (unpaired) electrons. The summed E-state index contributed by atoms with van der Waals surface area (Å²) >= 11 is 18.4. The van der Waals surface area contributed by atoms with Crippen LogP contribution in [0, 0.1) is 0 Å². The maximum atomic E-state index is 13.1. The SMILES string of the molecule is O=C(Nc1ccccc1N1CCOCC1)c1cc(S(=O)(=O)Nc2cccc(Cl)c2)c(Cl)cc1Cl. The molecule has 3 aromatic carbocycles. The highest BCUT2D eigenvalue weighted by Crippen LogP contribution is 2.32. The number of para-hydroxylation sites is 2. The molecule has 0 aliphatic carbocycles. The zero-order chi connectivity index (χ0) is 24.3. The first-order valence-corrected chi connectivity index (χ1v) is 12.9. The van der Waals surface area contributed by atoms with Crippen molar-refractivity contribution < 1.29 is 17.9 Å². The van der Waals surface area contributed by atoms with Gasteiger partial charge in [-0.15, -0.1) is 0 Å². The summed E-state index contributed by atoms with van der Waals surface area (Å²) in [5.74, 6) is -0.568. The molecule has 1 heterocycles. The Morgan fingerprint density at radius 2 is 1.65 bits per heavy atom. The quantitative estimate of drug-likeness (QED) is 0.429. The molecule has 1 aliphatic rings. The second-order valence-corrected chi connectivity index (χ2v) is 10.4. The van der Waals surface area contributed by atoms with E-state index in [1.807, 2.05) is 12.1 Å². The minimum absolute atomic E-state index is 0.0214. The Morgan fingerprint density at radius 1 is 0.912 bits per heavy atom. The van der Waals surface area contributed by atoms with Gasteiger partial charge in [0.1, 0.15) is 4.90 Å². The van der Waals surface area contributed by atoms with Gasteiger partial charge in [-0.25, -0.2) is 8.42 Å². The van der Waals surface area contributed by atoms with Crippen LogP contribution in [0.5, 0.6) is 0 Å². The lowest BCUT2D eigenvalue weighted by Gasteiger charge is -2.30. The van der Waals surface area contributed by atoms with Crippen LogP contribution >= 0.6 is 34.8 Å². The highest BCUT2D eigenvalue weighted by molar-refractivity contribution is 7.92. The standard InChI is InChI=1S/C23H20Cl3N3O4S/c24-15-4-3-5-16(12-15)28-34(31,32)22-13-17(18(25)14-19(22)26)23(30)27-20-6-1-2-7-21(20)29-8-10-33-11-9-29/h1-7,12-14,28H,8-11H2,(H,27,30). The minimum atomic E-state index is -4.13. The highest BCUT2D eigenvalue weighted by Gasteiger charge is 2.24. The molecule has 0 aromatic heterocycles. The van der Waals surface area contributed by atoms with Gasteiger partial charge in [-0.2, -0.15) is 0 Å². The van der Waals surface area contributed by atoms with Gasteiger partial charge in [-0.3, -0.25) is 9.52 Å². The first-order valence-electron chi connectivity index (χ1n) is 10.2.